The number of ether oxygens (including phenoxy) is 1. The lowest BCUT2D eigenvalue weighted by Crippen LogP contribution is -3.27. The lowest BCUT2D eigenvalue weighted by molar-refractivity contribution is -1.02. The molecule has 0 aliphatic carbocycles. The standard InChI is InChI=1S/C24H34N4O2/c1-5-30-22-12-8-20(9-13-22)24(29)25-18-23(28-16-14-27(4)15-17-28)19-6-10-21(11-7-19)26(2)3/h6-13,23H,5,14-18H2,1-4H3,(H,25,29)/p+2/t23-/m0/s1. The van der Waals surface area contributed by atoms with Gasteiger partial charge in [-0.25, -0.2) is 0 Å². The molecule has 30 heavy (non-hydrogen) atoms. The number of amides is 1. The number of nitrogens with zero attached hydrogens (tertiary/aromatic N) is 1. The van der Waals surface area contributed by atoms with Crippen molar-refractivity contribution in [1.29, 1.82) is 0 Å². The van der Waals surface area contributed by atoms with E-state index in [1.807, 2.05) is 31.2 Å². The molecule has 3 N–H and O–H groups in total. The van der Waals surface area contributed by atoms with Gasteiger partial charge in [0.15, 0.2) is 0 Å². The number of piperazine rings is 1. The Morgan fingerprint density at radius 1 is 1.03 bits per heavy atom. The molecule has 0 radical (unpaired) electrons. The van der Waals surface area contributed by atoms with Crippen molar-refractivity contribution in [3.63, 3.8) is 0 Å². The van der Waals surface area contributed by atoms with E-state index in [-0.39, 0.29) is 11.9 Å². The fourth-order valence-corrected chi connectivity index (χ4v) is 4.02. The monoisotopic (exact) mass is 412 g/mol. The predicted octanol–water partition coefficient (Wildman–Crippen LogP) is 0.0356. The average molecular weight is 413 g/mol. The highest BCUT2D eigenvalue weighted by atomic mass is 16.5. The Hall–Kier alpha value is -2.57. The quantitative estimate of drug-likeness (QED) is 0.574. The number of anilines is 1. The molecule has 1 aliphatic heterocycles. The van der Waals surface area contributed by atoms with Gasteiger partial charge in [-0.3, -0.25) is 4.79 Å². The summed E-state index contributed by atoms with van der Waals surface area (Å²) in [5.74, 6) is 0.754. The number of benzene rings is 2. The van der Waals surface area contributed by atoms with E-state index in [9.17, 15) is 4.79 Å². The summed E-state index contributed by atoms with van der Waals surface area (Å²) in [7, 11) is 6.36. The summed E-state index contributed by atoms with van der Waals surface area (Å²) in [6.45, 7) is 7.75. The third kappa shape index (κ3) is 5.74. The van der Waals surface area contributed by atoms with E-state index < -0.39 is 0 Å². The smallest absolute Gasteiger partial charge is 0.251 e. The average Bonchev–Trinajstić information content (AvgIpc) is 2.76. The Bertz CT molecular complexity index is 797. The van der Waals surface area contributed by atoms with Crippen molar-refractivity contribution in [2.75, 3.05) is 65.4 Å². The normalized spacial score (nSPS) is 19.7. The molecule has 0 aromatic heterocycles. The second-order valence-electron chi connectivity index (χ2n) is 8.32. The van der Waals surface area contributed by atoms with Gasteiger partial charge in [-0.2, -0.15) is 0 Å². The second kappa shape index (κ2) is 10.5. The van der Waals surface area contributed by atoms with Crippen LogP contribution < -0.4 is 24.8 Å². The van der Waals surface area contributed by atoms with Gasteiger partial charge in [-0.15, -0.1) is 0 Å². The highest BCUT2D eigenvalue weighted by Crippen LogP contribution is 2.17. The lowest BCUT2D eigenvalue weighted by atomic mass is 10.0. The Balaban J connectivity index is 1.70. The van der Waals surface area contributed by atoms with Gasteiger partial charge in [0.2, 0.25) is 0 Å². The van der Waals surface area contributed by atoms with Gasteiger partial charge >= 0.3 is 0 Å². The van der Waals surface area contributed by atoms with E-state index in [2.05, 4.69) is 55.6 Å². The first kappa shape index (κ1) is 22.1. The largest absolute Gasteiger partial charge is 0.494 e. The van der Waals surface area contributed by atoms with Crippen molar-refractivity contribution in [3.8, 4) is 5.75 Å². The van der Waals surface area contributed by atoms with E-state index in [4.69, 9.17) is 4.74 Å². The first-order valence-corrected chi connectivity index (χ1v) is 10.9. The molecule has 1 fully saturated rings. The topological polar surface area (TPSA) is 50.4 Å². The number of carbonyl (C=O) groups is 1. The molecular weight excluding hydrogens is 376 g/mol. The van der Waals surface area contributed by atoms with Crippen LogP contribution in [0.1, 0.15) is 28.9 Å². The highest BCUT2D eigenvalue weighted by molar-refractivity contribution is 5.94. The molecule has 2 aromatic carbocycles. The van der Waals surface area contributed by atoms with Crippen molar-refractivity contribution < 1.29 is 19.3 Å². The van der Waals surface area contributed by atoms with E-state index in [1.165, 1.54) is 11.3 Å². The zero-order valence-electron chi connectivity index (χ0n) is 18.7. The van der Waals surface area contributed by atoms with E-state index in [0.29, 0.717) is 18.7 Å². The van der Waals surface area contributed by atoms with E-state index in [1.54, 1.807) is 9.80 Å². The molecule has 1 saturated heterocycles. The summed E-state index contributed by atoms with van der Waals surface area (Å²) in [6.07, 6.45) is 0. The molecule has 162 valence electrons. The van der Waals surface area contributed by atoms with Gasteiger partial charge in [-0.05, 0) is 43.3 Å². The highest BCUT2D eigenvalue weighted by Gasteiger charge is 2.29. The van der Waals surface area contributed by atoms with Gasteiger partial charge in [0.05, 0.1) is 20.2 Å². The third-order valence-corrected chi connectivity index (χ3v) is 5.94. The minimum Gasteiger partial charge on any atom is -0.494 e. The van der Waals surface area contributed by atoms with Crippen LogP contribution in [0.4, 0.5) is 5.69 Å². The van der Waals surface area contributed by atoms with Gasteiger partial charge < -0.3 is 24.8 Å². The van der Waals surface area contributed by atoms with Crippen LogP contribution in [0.15, 0.2) is 48.5 Å². The van der Waals surface area contributed by atoms with Crippen LogP contribution in [-0.4, -0.2) is 66.4 Å². The van der Waals surface area contributed by atoms with Crippen LogP contribution in [0.2, 0.25) is 0 Å². The van der Waals surface area contributed by atoms with Crippen LogP contribution in [0.3, 0.4) is 0 Å². The van der Waals surface area contributed by atoms with Crippen LogP contribution in [0.5, 0.6) is 5.75 Å². The van der Waals surface area contributed by atoms with Crippen LogP contribution in [-0.2, 0) is 0 Å². The molecular formula is C24H36N4O2+2. The minimum absolute atomic E-state index is 0.0351. The van der Waals surface area contributed by atoms with Gasteiger partial charge in [0.25, 0.3) is 5.91 Å². The summed E-state index contributed by atoms with van der Waals surface area (Å²) in [4.78, 5) is 18.0. The van der Waals surface area contributed by atoms with Gasteiger partial charge in [-0.1, -0.05) is 12.1 Å². The fraction of sp³-hybridized carbons (Fsp3) is 0.458. The molecule has 1 heterocycles. The van der Waals surface area contributed by atoms with E-state index >= 15 is 0 Å². The van der Waals surface area contributed by atoms with Crippen molar-refractivity contribution >= 4 is 11.6 Å². The SMILES string of the molecule is CCOc1ccc(C(=O)NC[C@@H](c2ccc(N(C)C)cc2)[NH+]2CC[NH+](C)CC2)cc1. The predicted molar refractivity (Wildman–Crippen MR) is 121 cm³/mol. The van der Waals surface area contributed by atoms with Crippen molar-refractivity contribution in [2.24, 2.45) is 0 Å². The molecule has 2 aromatic rings. The van der Waals surface area contributed by atoms with Crippen molar-refractivity contribution in [2.45, 2.75) is 13.0 Å². The Kier molecular flexibility index (Phi) is 7.71. The van der Waals surface area contributed by atoms with Gasteiger partial charge in [0.1, 0.15) is 38.0 Å². The summed E-state index contributed by atoms with van der Waals surface area (Å²) in [5.41, 5.74) is 3.13. The molecule has 0 unspecified atom stereocenters. The third-order valence-electron chi connectivity index (χ3n) is 5.94. The zero-order valence-corrected chi connectivity index (χ0v) is 18.7. The van der Waals surface area contributed by atoms with E-state index in [0.717, 1.165) is 31.9 Å². The van der Waals surface area contributed by atoms with Crippen molar-refractivity contribution in [3.05, 3.63) is 59.7 Å². The number of carbonyl (C=O) groups excluding carboxylic acids is 1. The zero-order chi connectivity index (χ0) is 21.5. The molecule has 0 bridgehead atoms. The second-order valence-corrected chi connectivity index (χ2v) is 8.32. The molecule has 1 amide bonds. The Labute approximate surface area is 180 Å². The fourth-order valence-electron chi connectivity index (χ4n) is 4.02. The maximum absolute atomic E-state index is 12.8. The van der Waals surface area contributed by atoms with Crippen LogP contribution in [0.25, 0.3) is 0 Å². The molecule has 6 nitrogen and oxygen atoms in total. The number of quaternary nitrogens is 2. The first-order valence-electron chi connectivity index (χ1n) is 10.9. The lowest BCUT2D eigenvalue weighted by Gasteiger charge is -2.33. The van der Waals surface area contributed by atoms with Gasteiger partial charge in [0, 0.05) is 30.9 Å². The molecule has 0 saturated carbocycles. The summed E-state index contributed by atoms with van der Waals surface area (Å²) in [5, 5.41) is 3.18. The molecule has 3 rings (SSSR count). The number of likely N-dealkylation sites (N-methyl/N-ethyl adjacent to an activating group) is 1. The Morgan fingerprint density at radius 3 is 2.23 bits per heavy atom. The Morgan fingerprint density at radius 2 is 1.67 bits per heavy atom. The minimum atomic E-state index is -0.0351. The number of hydrogen-bond acceptors (Lipinski definition) is 3. The molecule has 1 atom stereocenters. The first-order chi connectivity index (χ1) is 14.5. The molecule has 6 heteroatoms. The maximum atomic E-state index is 12.8. The number of rotatable bonds is 8. The summed E-state index contributed by atoms with van der Waals surface area (Å²) >= 11 is 0. The maximum Gasteiger partial charge on any atom is 0.251 e. The molecule has 1 aliphatic rings. The van der Waals surface area contributed by atoms with Crippen LogP contribution in [0, 0.1) is 0 Å². The number of nitrogens with one attached hydrogen (secondary N) is 3. The van der Waals surface area contributed by atoms with Crippen LogP contribution >= 0.6 is 0 Å². The number of hydrogen-bond donors (Lipinski definition) is 3. The summed E-state index contributed by atoms with van der Waals surface area (Å²) in [6, 6.07) is 16.4. The molecule has 0 spiro atoms. The summed E-state index contributed by atoms with van der Waals surface area (Å²) < 4.78 is 5.47. The van der Waals surface area contributed by atoms with Crippen molar-refractivity contribution in [1.82, 2.24) is 5.32 Å².